The molecule has 0 aliphatic rings. The number of aryl methyl sites for hydroxylation is 1. The van der Waals surface area contributed by atoms with Crippen molar-refractivity contribution in [1.29, 1.82) is 0 Å². The van der Waals surface area contributed by atoms with Gasteiger partial charge in [0.1, 0.15) is 11.4 Å². The third kappa shape index (κ3) is 2.62. The predicted molar refractivity (Wildman–Crippen MR) is 70.4 cm³/mol. The fourth-order valence-electron chi connectivity index (χ4n) is 2.04. The summed E-state index contributed by atoms with van der Waals surface area (Å²) in [7, 11) is 0. The molecule has 6 heteroatoms. The summed E-state index contributed by atoms with van der Waals surface area (Å²) >= 11 is 6.10. The molecule has 0 aliphatic carbocycles. The number of hydrogen-bond acceptors (Lipinski definition) is 3. The molecule has 1 N–H and O–H groups in total. The predicted octanol–water partition coefficient (Wildman–Crippen LogP) is 2.74. The van der Waals surface area contributed by atoms with Gasteiger partial charge in [-0.15, -0.1) is 0 Å². The quantitative estimate of drug-likeness (QED) is 0.939. The van der Waals surface area contributed by atoms with Crippen LogP contribution in [0.3, 0.4) is 0 Å². The lowest BCUT2D eigenvalue weighted by molar-refractivity contribution is 0.0907. The fraction of sp³-hybridized carbons (Fsp3) is 0.385. The molecule has 0 spiro atoms. The third-order valence-electron chi connectivity index (χ3n) is 2.96. The molecular weight excluding hydrogens is 269 g/mol. The van der Waals surface area contributed by atoms with E-state index in [0.717, 1.165) is 12.6 Å². The second-order valence-corrected chi connectivity index (χ2v) is 4.94. The van der Waals surface area contributed by atoms with E-state index in [0.29, 0.717) is 22.8 Å². The maximum absolute atomic E-state index is 13.3. The monoisotopic (exact) mass is 283 g/mol. The number of hydrogen-bond donors (Lipinski definition) is 1. The van der Waals surface area contributed by atoms with Crippen LogP contribution in [-0.4, -0.2) is 19.9 Å². The molecule has 0 fully saturated rings. The standard InChI is InChI=1S/C13H15ClFN3O/c1-3-4-18-12(11(14)8-17-18)13(2,19)9-5-10(15)7-16-6-9/h5-8,19H,3-4H2,1-2H3. The first-order valence-corrected chi connectivity index (χ1v) is 6.39. The molecule has 4 nitrogen and oxygen atoms in total. The summed E-state index contributed by atoms with van der Waals surface area (Å²) in [6.45, 7) is 4.18. The molecule has 2 aromatic rings. The number of aliphatic hydroxyl groups is 1. The van der Waals surface area contributed by atoms with Gasteiger partial charge in [0.05, 0.1) is 23.1 Å². The van der Waals surface area contributed by atoms with Crippen molar-refractivity contribution in [2.75, 3.05) is 0 Å². The average molecular weight is 284 g/mol. The van der Waals surface area contributed by atoms with Gasteiger partial charge < -0.3 is 5.11 Å². The normalized spacial score (nSPS) is 14.4. The number of nitrogens with zero attached hydrogens (tertiary/aromatic N) is 3. The van der Waals surface area contributed by atoms with Gasteiger partial charge in [-0.25, -0.2) is 4.39 Å². The molecule has 1 unspecified atom stereocenters. The third-order valence-corrected chi connectivity index (χ3v) is 3.23. The molecule has 0 radical (unpaired) electrons. The Balaban J connectivity index is 2.52. The fourth-order valence-corrected chi connectivity index (χ4v) is 2.37. The Kier molecular flexibility index (Phi) is 3.87. The van der Waals surface area contributed by atoms with Crippen molar-refractivity contribution >= 4 is 11.6 Å². The van der Waals surface area contributed by atoms with Crippen LogP contribution in [0.15, 0.2) is 24.7 Å². The van der Waals surface area contributed by atoms with Crippen molar-refractivity contribution < 1.29 is 9.50 Å². The van der Waals surface area contributed by atoms with Crippen molar-refractivity contribution in [2.24, 2.45) is 0 Å². The smallest absolute Gasteiger partial charge is 0.141 e. The van der Waals surface area contributed by atoms with Gasteiger partial charge in [0.2, 0.25) is 0 Å². The molecule has 0 amide bonds. The average Bonchev–Trinajstić information content (AvgIpc) is 2.71. The van der Waals surface area contributed by atoms with Crippen molar-refractivity contribution in [3.8, 4) is 0 Å². The van der Waals surface area contributed by atoms with Crippen LogP contribution in [-0.2, 0) is 12.1 Å². The Bertz CT molecular complexity index is 583. The highest BCUT2D eigenvalue weighted by Crippen LogP contribution is 2.33. The highest BCUT2D eigenvalue weighted by molar-refractivity contribution is 6.31. The summed E-state index contributed by atoms with van der Waals surface area (Å²) in [5, 5.41) is 15.2. The zero-order valence-electron chi connectivity index (χ0n) is 10.8. The summed E-state index contributed by atoms with van der Waals surface area (Å²) in [5.74, 6) is -0.504. The largest absolute Gasteiger partial charge is 0.379 e. The van der Waals surface area contributed by atoms with E-state index < -0.39 is 11.4 Å². The minimum atomic E-state index is -1.45. The number of pyridine rings is 1. The first kappa shape index (κ1) is 14.0. The summed E-state index contributed by atoms with van der Waals surface area (Å²) in [4.78, 5) is 3.76. The Morgan fingerprint density at radius 2 is 2.16 bits per heavy atom. The van der Waals surface area contributed by atoms with Gasteiger partial charge in [0.25, 0.3) is 0 Å². The lowest BCUT2D eigenvalue weighted by atomic mass is 9.93. The van der Waals surface area contributed by atoms with Crippen molar-refractivity contribution in [3.05, 3.63) is 46.8 Å². The maximum Gasteiger partial charge on any atom is 0.141 e. The van der Waals surface area contributed by atoms with E-state index in [1.54, 1.807) is 11.6 Å². The van der Waals surface area contributed by atoms with Crippen molar-refractivity contribution in [1.82, 2.24) is 14.8 Å². The Labute approximate surface area is 115 Å². The topological polar surface area (TPSA) is 50.9 Å². The second-order valence-electron chi connectivity index (χ2n) is 4.53. The minimum Gasteiger partial charge on any atom is -0.379 e. The van der Waals surface area contributed by atoms with Crippen LogP contribution in [0, 0.1) is 5.82 Å². The molecule has 2 aromatic heterocycles. The summed E-state index contributed by atoms with van der Waals surface area (Å²) < 4.78 is 14.9. The van der Waals surface area contributed by atoms with Crippen molar-refractivity contribution in [2.45, 2.75) is 32.4 Å². The minimum absolute atomic E-state index is 0.340. The van der Waals surface area contributed by atoms with Crippen LogP contribution in [0.2, 0.25) is 5.02 Å². The highest BCUT2D eigenvalue weighted by atomic mass is 35.5. The molecule has 0 bridgehead atoms. The first-order valence-electron chi connectivity index (χ1n) is 6.02. The van der Waals surface area contributed by atoms with Gasteiger partial charge in [0.15, 0.2) is 0 Å². The van der Waals surface area contributed by atoms with Gasteiger partial charge in [-0.2, -0.15) is 5.10 Å². The molecule has 1 atom stereocenters. The van der Waals surface area contributed by atoms with Crippen LogP contribution in [0.5, 0.6) is 0 Å². The molecule has 102 valence electrons. The Hall–Kier alpha value is -1.46. The Morgan fingerprint density at radius 1 is 1.42 bits per heavy atom. The zero-order valence-corrected chi connectivity index (χ0v) is 11.5. The van der Waals surface area contributed by atoms with E-state index in [4.69, 9.17) is 11.6 Å². The lowest BCUT2D eigenvalue weighted by Gasteiger charge is -2.25. The van der Waals surface area contributed by atoms with Gasteiger partial charge in [-0.05, 0) is 19.4 Å². The second kappa shape index (κ2) is 5.27. The van der Waals surface area contributed by atoms with Crippen molar-refractivity contribution in [3.63, 3.8) is 0 Å². The molecule has 0 saturated carbocycles. The van der Waals surface area contributed by atoms with E-state index in [1.807, 2.05) is 6.92 Å². The molecule has 2 rings (SSSR count). The molecule has 0 saturated heterocycles. The molecule has 19 heavy (non-hydrogen) atoms. The summed E-state index contributed by atoms with van der Waals surface area (Å²) in [6, 6.07) is 1.24. The summed E-state index contributed by atoms with van der Waals surface area (Å²) in [5.41, 5.74) is -0.659. The van der Waals surface area contributed by atoms with Gasteiger partial charge in [-0.3, -0.25) is 9.67 Å². The number of rotatable bonds is 4. The molecular formula is C13H15ClFN3O. The van der Waals surface area contributed by atoms with Gasteiger partial charge in [-0.1, -0.05) is 18.5 Å². The molecule has 0 aliphatic heterocycles. The van der Waals surface area contributed by atoms with Gasteiger partial charge >= 0.3 is 0 Å². The zero-order chi connectivity index (χ0) is 14.0. The SMILES string of the molecule is CCCn1ncc(Cl)c1C(C)(O)c1cncc(F)c1. The van der Waals surface area contributed by atoms with E-state index in [-0.39, 0.29) is 0 Å². The van der Waals surface area contributed by atoms with Crippen LogP contribution in [0.25, 0.3) is 0 Å². The summed E-state index contributed by atoms with van der Waals surface area (Å²) in [6.07, 6.45) is 4.84. The van der Waals surface area contributed by atoms with E-state index in [2.05, 4.69) is 10.1 Å². The van der Waals surface area contributed by atoms with Crippen LogP contribution >= 0.6 is 11.6 Å². The number of aromatic nitrogens is 3. The first-order chi connectivity index (χ1) is 8.96. The highest BCUT2D eigenvalue weighted by Gasteiger charge is 2.32. The van der Waals surface area contributed by atoms with E-state index in [9.17, 15) is 9.50 Å². The molecule has 0 aromatic carbocycles. The van der Waals surface area contributed by atoms with Crippen LogP contribution < -0.4 is 0 Å². The number of halogens is 2. The van der Waals surface area contributed by atoms with E-state index in [1.165, 1.54) is 18.5 Å². The lowest BCUT2D eigenvalue weighted by Crippen LogP contribution is -2.27. The van der Waals surface area contributed by atoms with Crippen LogP contribution in [0.4, 0.5) is 4.39 Å². The maximum atomic E-state index is 13.3. The van der Waals surface area contributed by atoms with Crippen LogP contribution in [0.1, 0.15) is 31.5 Å². The van der Waals surface area contributed by atoms with Gasteiger partial charge in [0, 0.05) is 18.3 Å². The van der Waals surface area contributed by atoms with E-state index >= 15 is 0 Å². The molecule has 2 heterocycles. The Morgan fingerprint density at radius 3 is 2.79 bits per heavy atom.